The molecule has 2 rings (SSSR count). The molecule has 94 valence electrons. The van der Waals surface area contributed by atoms with E-state index in [1.165, 1.54) is 0 Å². The lowest BCUT2D eigenvalue weighted by molar-refractivity contribution is -0.124. The molecule has 0 amide bonds. The maximum Gasteiger partial charge on any atom is 0.254 e. The number of rotatable bonds is 0. The van der Waals surface area contributed by atoms with Gasteiger partial charge in [0.25, 0.3) is 5.92 Å². The molecule has 2 fully saturated rings. The van der Waals surface area contributed by atoms with Gasteiger partial charge in [-0.1, -0.05) is 41.5 Å². The third-order valence-corrected chi connectivity index (χ3v) is 4.50. The zero-order valence-corrected chi connectivity index (χ0v) is 11.3. The van der Waals surface area contributed by atoms with Crippen LogP contribution in [-0.2, 0) is 0 Å². The Labute approximate surface area is 97.8 Å². The van der Waals surface area contributed by atoms with Gasteiger partial charge >= 0.3 is 0 Å². The predicted molar refractivity (Wildman–Crippen MR) is 62.4 cm³/mol. The molecule has 2 heteroatoms. The van der Waals surface area contributed by atoms with Crippen molar-refractivity contribution in [2.75, 3.05) is 0 Å². The van der Waals surface area contributed by atoms with Gasteiger partial charge in [0.1, 0.15) is 0 Å². The molecule has 0 N–H and O–H groups in total. The Bertz CT molecular complexity index is 293. The Balaban J connectivity index is 2.38. The second kappa shape index (κ2) is 3.00. The number of hydrogen-bond acceptors (Lipinski definition) is 0. The molecule has 0 nitrogen and oxygen atoms in total. The van der Waals surface area contributed by atoms with Crippen LogP contribution in [0.1, 0.15) is 48.0 Å². The van der Waals surface area contributed by atoms with Gasteiger partial charge in [-0.15, -0.1) is 0 Å². The Morgan fingerprint density at radius 3 is 1.75 bits per heavy atom. The van der Waals surface area contributed by atoms with Crippen LogP contribution in [0.2, 0.25) is 0 Å². The van der Waals surface area contributed by atoms with Gasteiger partial charge in [0.15, 0.2) is 0 Å². The highest BCUT2D eigenvalue weighted by Gasteiger charge is 2.73. The number of alkyl halides is 2. The van der Waals surface area contributed by atoms with E-state index >= 15 is 0 Å². The molecule has 0 saturated heterocycles. The van der Waals surface area contributed by atoms with Gasteiger partial charge in [-0.2, -0.15) is 0 Å². The number of halogens is 2. The third-order valence-electron chi connectivity index (χ3n) is 4.50. The lowest BCUT2D eigenvalue weighted by atomic mass is 9.63. The normalized spacial score (nSPS) is 42.0. The van der Waals surface area contributed by atoms with Crippen LogP contribution in [-0.4, -0.2) is 5.92 Å². The summed E-state index contributed by atoms with van der Waals surface area (Å²) >= 11 is 0. The third kappa shape index (κ3) is 1.60. The summed E-state index contributed by atoms with van der Waals surface area (Å²) in [5.74, 6) is -2.77. The quantitative estimate of drug-likeness (QED) is 0.570. The summed E-state index contributed by atoms with van der Waals surface area (Å²) in [5, 5.41) is 0. The molecule has 0 aromatic carbocycles. The topological polar surface area (TPSA) is 0 Å². The molecule has 4 atom stereocenters. The molecule has 0 spiro atoms. The van der Waals surface area contributed by atoms with Gasteiger partial charge in [-0.25, -0.2) is 8.78 Å². The summed E-state index contributed by atoms with van der Waals surface area (Å²) < 4.78 is 28.6. The summed E-state index contributed by atoms with van der Waals surface area (Å²) in [5.41, 5.74) is -0.299. The highest BCUT2D eigenvalue weighted by Crippen LogP contribution is 2.72. The summed E-state index contributed by atoms with van der Waals surface area (Å²) in [6, 6.07) is 0. The predicted octanol–water partition coefficient (Wildman–Crippen LogP) is 4.60. The largest absolute Gasteiger partial charge is 0.254 e. The van der Waals surface area contributed by atoms with Gasteiger partial charge in [-0.05, 0) is 29.1 Å². The fourth-order valence-corrected chi connectivity index (χ4v) is 4.03. The van der Waals surface area contributed by atoms with Crippen molar-refractivity contribution in [1.29, 1.82) is 0 Å². The van der Waals surface area contributed by atoms with Crippen molar-refractivity contribution in [2.24, 2.45) is 34.5 Å². The van der Waals surface area contributed by atoms with Crippen molar-refractivity contribution >= 4 is 0 Å². The van der Waals surface area contributed by atoms with Crippen molar-refractivity contribution in [1.82, 2.24) is 0 Å². The van der Waals surface area contributed by atoms with Crippen LogP contribution < -0.4 is 0 Å². The molecule has 4 unspecified atom stereocenters. The van der Waals surface area contributed by atoms with Crippen LogP contribution >= 0.6 is 0 Å². The number of hydrogen-bond donors (Lipinski definition) is 0. The SMILES string of the molecule is CC(C)(C)C1C2CC2C(F)(F)C1C(C)(C)C. The van der Waals surface area contributed by atoms with E-state index in [1.807, 2.05) is 20.8 Å². The molecule has 2 aliphatic rings. The lowest BCUT2D eigenvalue weighted by Gasteiger charge is -2.43. The van der Waals surface area contributed by atoms with Crippen molar-refractivity contribution in [3.63, 3.8) is 0 Å². The first-order valence-corrected chi connectivity index (χ1v) is 6.35. The van der Waals surface area contributed by atoms with Gasteiger partial charge < -0.3 is 0 Å². The molecule has 0 radical (unpaired) electrons. The van der Waals surface area contributed by atoms with Gasteiger partial charge in [0.2, 0.25) is 0 Å². The molecule has 0 aliphatic heterocycles. The molecule has 2 saturated carbocycles. The van der Waals surface area contributed by atoms with E-state index in [0.717, 1.165) is 6.42 Å². The molecular weight excluding hydrogens is 206 g/mol. The fourth-order valence-electron chi connectivity index (χ4n) is 4.03. The minimum absolute atomic E-state index is 0.00269. The molecule has 0 heterocycles. The second-order valence-corrected chi connectivity index (χ2v) is 7.92. The average molecular weight is 230 g/mol. The maximum absolute atomic E-state index is 14.3. The molecule has 0 bridgehead atoms. The minimum atomic E-state index is -2.44. The van der Waals surface area contributed by atoms with E-state index in [9.17, 15) is 8.78 Å². The average Bonchev–Trinajstić information content (AvgIpc) is 2.68. The second-order valence-electron chi connectivity index (χ2n) is 7.92. The van der Waals surface area contributed by atoms with Gasteiger partial charge in [0, 0.05) is 11.8 Å². The maximum atomic E-state index is 14.3. The summed E-state index contributed by atoms with van der Waals surface area (Å²) in [4.78, 5) is 0. The first kappa shape index (κ1) is 12.3. The Kier molecular flexibility index (Phi) is 2.31. The van der Waals surface area contributed by atoms with Crippen LogP contribution in [0, 0.1) is 34.5 Å². The van der Waals surface area contributed by atoms with Crippen LogP contribution in [0.5, 0.6) is 0 Å². The molecular formula is C14H24F2. The van der Waals surface area contributed by atoms with Crippen LogP contribution in [0.15, 0.2) is 0 Å². The minimum Gasteiger partial charge on any atom is -0.206 e. The van der Waals surface area contributed by atoms with Crippen molar-refractivity contribution in [3.05, 3.63) is 0 Å². The Hall–Kier alpha value is -0.140. The zero-order valence-electron chi connectivity index (χ0n) is 11.3. The summed E-state index contributed by atoms with van der Waals surface area (Å²) in [7, 11) is 0. The Morgan fingerprint density at radius 1 is 0.938 bits per heavy atom. The highest BCUT2D eigenvalue weighted by molar-refractivity contribution is 5.16. The lowest BCUT2D eigenvalue weighted by Crippen LogP contribution is -2.43. The van der Waals surface area contributed by atoms with E-state index in [-0.39, 0.29) is 28.6 Å². The first-order chi connectivity index (χ1) is 6.97. The summed E-state index contributed by atoms with van der Waals surface area (Å²) in [6.45, 7) is 12.3. The van der Waals surface area contributed by atoms with E-state index in [0.29, 0.717) is 0 Å². The highest BCUT2D eigenvalue weighted by atomic mass is 19.3. The zero-order chi connectivity index (χ0) is 12.5. The summed E-state index contributed by atoms with van der Waals surface area (Å²) in [6.07, 6.45) is 0.752. The Morgan fingerprint density at radius 2 is 1.44 bits per heavy atom. The van der Waals surface area contributed by atoms with Gasteiger partial charge in [-0.3, -0.25) is 0 Å². The standard InChI is InChI=1S/C14H24F2/c1-12(2,3)10-8-7-9(8)14(15,16)11(10)13(4,5)6/h8-11H,7H2,1-6H3. The smallest absolute Gasteiger partial charge is 0.206 e. The fraction of sp³-hybridized carbons (Fsp3) is 1.00. The van der Waals surface area contributed by atoms with Crippen molar-refractivity contribution < 1.29 is 8.78 Å². The van der Waals surface area contributed by atoms with Crippen LogP contribution in [0.25, 0.3) is 0 Å². The molecule has 16 heavy (non-hydrogen) atoms. The number of fused-ring (bicyclic) bond motifs is 1. The van der Waals surface area contributed by atoms with Crippen LogP contribution in [0.3, 0.4) is 0 Å². The van der Waals surface area contributed by atoms with Crippen LogP contribution in [0.4, 0.5) is 8.78 Å². The molecule has 0 aromatic heterocycles. The van der Waals surface area contributed by atoms with Crippen molar-refractivity contribution in [2.45, 2.75) is 53.9 Å². The first-order valence-electron chi connectivity index (χ1n) is 6.35. The van der Waals surface area contributed by atoms with E-state index in [1.54, 1.807) is 0 Å². The van der Waals surface area contributed by atoms with Gasteiger partial charge in [0.05, 0.1) is 0 Å². The van der Waals surface area contributed by atoms with Crippen molar-refractivity contribution in [3.8, 4) is 0 Å². The molecule has 2 aliphatic carbocycles. The monoisotopic (exact) mass is 230 g/mol. The van der Waals surface area contributed by atoms with E-state index in [4.69, 9.17) is 0 Å². The van der Waals surface area contributed by atoms with E-state index in [2.05, 4.69) is 20.8 Å². The molecule has 0 aromatic rings. The van der Waals surface area contributed by atoms with E-state index < -0.39 is 11.8 Å².